The zero-order chi connectivity index (χ0) is 23.8. The van der Waals surface area contributed by atoms with Crippen molar-refractivity contribution in [3.63, 3.8) is 0 Å². The number of nitrogens with zero attached hydrogens (tertiary/aromatic N) is 7. The predicted molar refractivity (Wildman–Crippen MR) is 125 cm³/mol. The molecule has 1 amide bonds. The number of hydrogen-bond acceptors (Lipinski definition) is 5. The molecule has 34 heavy (non-hydrogen) atoms. The highest BCUT2D eigenvalue weighted by atomic mass is 35.5. The summed E-state index contributed by atoms with van der Waals surface area (Å²) in [7, 11) is 0. The maximum Gasteiger partial charge on any atom is 0.262 e. The number of amides is 1. The summed E-state index contributed by atoms with van der Waals surface area (Å²) in [4.78, 5) is 17.3. The van der Waals surface area contributed by atoms with Crippen molar-refractivity contribution in [2.75, 3.05) is 5.32 Å². The minimum absolute atomic E-state index is 0.133. The van der Waals surface area contributed by atoms with E-state index in [9.17, 15) is 9.18 Å². The van der Waals surface area contributed by atoms with Gasteiger partial charge in [0.25, 0.3) is 5.91 Å². The fraction of sp³-hybridized carbons (Fsp3) is 0.174. The van der Waals surface area contributed by atoms with Gasteiger partial charge in [0.1, 0.15) is 11.4 Å². The highest BCUT2D eigenvalue weighted by molar-refractivity contribution is 6.31. The lowest BCUT2D eigenvalue weighted by atomic mass is 10.2. The number of fused-ring (bicyclic) bond motifs is 1. The number of hydrogen-bond donors (Lipinski definition) is 1. The zero-order valence-electron chi connectivity index (χ0n) is 18.4. The molecule has 0 atom stereocenters. The molecule has 1 aromatic carbocycles. The molecular formula is C23H20ClFN8O. The highest BCUT2D eigenvalue weighted by Crippen LogP contribution is 2.24. The molecule has 0 unspecified atom stereocenters. The third-order valence-corrected chi connectivity index (χ3v) is 5.81. The van der Waals surface area contributed by atoms with Crippen LogP contribution < -0.4 is 5.32 Å². The molecule has 0 radical (unpaired) electrons. The van der Waals surface area contributed by atoms with Gasteiger partial charge in [-0.25, -0.2) is 13.9 Å². The Hall–Kier alpha value is -4.05. The quantitative estimate of drug-likeness (QED) is 0.394. The van der Waals surface area contributed by atoms with Crippen molar-refractivity contribution >= 4 is 29.0 Å². The lowest BCUT2D eigenvalue weighted by Crippen LogP contribution is -2.13. The van der Waals surface area contributed by atoms with Crippen molar-refractivity contribution < 1.29 is 9.18 Å². The molecule has 4 aromatic heterocycles. The number of anilines is 1. The zero-order valence-corrected chi connectivity index (χ0v) is 19.2. The number of carbonyl (C=O) groups excluding carboxylic acids is 1. The first kappa shape index (κ1) is 21.8. The molecule has 0 bridgehead atoms. The van der Waals surface area contributed by atoms with Crippen molar-refractivity contribution in [1.82, 2.24) is 34.2 Å². The first-order valence-corrected chi connectivity index (χ1v) is 11.0. The van der Waals surface area contributed by atoms with Crippen LogP contribution in [0.5, 0.6) is 0 Å². The van der Waals surface area contributed by atoms with Gasteiger partial charge in [-0.15, -0.1) is 0 Å². The van der Waals surface area contributed by atoms with E-state index in [0.717, 1.165) is 23.5 Å². The third-order valence-electron chi connectivity index (χ3n) is 5.46. The van der Waals surface area contributed by atoms with Crippen LogP contribution in [0.3, 0.4) is 0 Å². The van der Waals surface area contributed by atoms with Gasteiger partial charge in [0.05, 0.1) is 24.1 Å². The second-order valence-corrected chi connectivity index (χ2v) is 8.07. The first-order valence-electron chi connectivity index (χ1n) is 10.6. The lowest BCUT2D eigenvalue weighted by Gasteiger charge is -2.06. The SMILES string of the molecule is CCn1cc(-c2ccnc3c(C(=O)Nc4ccn(Cc5c(F)cccc5Cl)n4)cnn23)c(C)n1. The molecule has 0 aliphatic heterocycles. The Morgan fingerprint density at radius 3 is 2.79 bits per heavy atom. The summed E-state index contributed by atoms with van der Waals surface area (Å²) in [6.07, 6.45) is 6.69. The summed E-state index contributed by atoms with van der Waals surface area (Å²) in [5, 5.41) is 16.2. The van der Waals surface area contributed by atoms with Crippen LogP contribution in [0, 0.1) is 12.7 Å². The van der Waals surface area contributed by atoms with Gasteiger partial charge in [-0.1, -0.05) is 17.7 Å². The maximum atomic E-state index is 14.1. The molecule has 11 heteroatoms. The lowest BCUT2D eigenvalue weighted by molar-refractivity contribution is 0.102. The van der Waals surface area contributed by atoms with E-state index < -0.39 is 11.7 Å². The smallest absolute Gasteiger partial charge is 0.262 e. The minimum Gasteiger partial charge on any atom is -0.305 e. The molecule has 0 fully saturated rings. The summed E-state index contributed by atoms with van der Waals surface area (Å²) >= 11 is 6.10. The fourth-order valence-electron chi connectivity index (χ4n) is 3.73. The predicted octanol–water partition coefficient (Wildman–Crippen LogP) is 4.21. The van der Waals surface area contributed by atoms with Gasteiger partial charge in [0, 0.05) is 47.4 Å². The van der Waals surface area contributed by atoms with Gasteiger partial charge in [-0.2, -0.15) is 15.3 Å². The standard InChI is InChI=1S/C23H20ClFN8O/c1-3-31-12-16(14(2)29-31)20-7-9-26-22-15(11-27-33(20)22)23(34)28-21-8-10-32(30-21)13-17-18(24)5-4-6-19(17)25/h4-12H,3,13H2,1-2H3,(H,28,30,34). The summed E-state index contributed by atoms with van der Waals surface area (Å²) in [6, 6.07) is 7.96. The van der Waals surface area contributed by atoms with Crippen LogP contribution in [-0.4, -0.2) is 40.1 Å². The minimum atomic E-state index is -0.415. The van der Waals surface area contributed by atoms with E-state index in [2.05, 4.69) is 25.6 Å². The average Bonchev–Trinajstić information content (AvgIpc) is 3.54. The Labute approximate surface area is 198 Å². The molecule has 4 heterocycles. The molecule has 0 saturated heterocycles. The molecule has 172 valence electrons. The number of aryl methyl sites for hydroxylation is 2. The summed E-state index contributed by atoms with van der Waals surface area (Å²) in [6.45, 7) is 4.82. The summed E-state index contributed by atoms with van der Waals surface area (Å²) in [5.41, 5.74) is 3.59. The Morgan fingerprint density at radius 1 is 1.18 bits per heavy atom. The molecule has 1 N–H and O–H groups in total. The largest absolute Gasteiger partial charge is 0.305 e. The van der Waals surface area contributed by atoms with Crippen LogP contribution in [-0.2, 0) is 13.1 Å². The summed E-state index contributed by atoms with van der Waals surface area (Å²) < 4.78 is 19.0. The molecule has 5 rings (SSSR count). The Morgan fingerprint density at radius 2 is 2.03 bits per heavy atom. The van der Waals surface area contributed by atoms with Crippen LogP contribution in [0.25, 0.3) is 16.9 Å². The van der Waals surface area contributed by atoms with Gasteiger partial charge < -0.3 is 5.32 Å². The fourth-order valence-corrected chi connectivity index (χ4v) is 3.96. The van der Waals surface area contributed by atoms with Gasteiger partial charge in [-0.3, -0.25) is 14.2 Å². The number of aromatic nitrogens is 7. The van der Waals surface area contributed by atoms with E-state index in [1.54, 1.807) is 35.1 Å². The number of halogens is 2. The molecular weight excluding hydrogens is 459 g/mol. The highest BCUT2D eigenvalue weighted by Gasteiger charge is 2.19. The monoisotopic (exact) mass is 478 g/mol. The number of rotatable bonds is 6. The van der Waals surface area contributed by atoms with E-state index in [4.69, 9.17) is 11.6 Å². The molecule has 0 spiro atoms. The van der Waals surface area contributed by atoms with Crippen LogP contribution >= 0.6 is 11.6 Å². The maximum absolute atomic E-state index is 14.1. The molecule has 5 aromatic rings. The average molecular weight is 479 g/mol. The number of benzene rings is 1. The van der Waals surface area contributed by atoms with Crippen LogP contribution in [0.2, 0.25) is 5.02 Å². The van der Waals surface area contributed by atoms with Crippen LogP contribution in [0.15, 0.2) is 55.1 Å². The van der Waals surface area contributed by atoms with Crippen LogP contribution in [0.1, 0.15) is 28.5 Å². The molecule has 0 aliphatic carbocycles. The normalized spacial score (nSPS) is 11.3. The Balaban J connectivity index is 1.39. The molecule has 0 aliphatic rings. The van der Waals surface area contributed by atoms with Gasteiger partial charge in [0.15, 0.2) is 11.5 Å². The summed E-state index contributed by atoms with van der Waals surface area (Å²) in [5.74, 6) is -0.510. The van der Waals surface area contributed by atoms with E-state index in [1.165, 1.54) is 16.9 Å². The van der Waals surface area contributed by atoms with E-state index >= 15 is 0 Å². The topological polar surface area (TPSA) is 94.9 Å². The third kappa shape index (κ3) is 3.92. The van der Waals surface area contributed by atoms with Crippen molar-refractivity contribution in [2.45, 2.75) is 26.9 Å². The van der Waals surface area contributed by atoms with Gasteiger partial charge >= 0.3 is 0 Å². The molecule has 0 saturated carbocycles. The van der Waals surface area contributed by atoms with Crippen molar-refractivity contribution in [3.8, 4) is 11.3 Å². The van der Waals surface area contributed by atoms with E-state index in [0.29, 0.717) is 27.6 Å². The van der Waals surface area contributed by atoms with Crippen LogP contribution in [0.4, 0.5) is 10.2 Å². The van der Waals surface area contributed by atoms with Crippen molar-refractivity contribution in [2.24, 2.45) is 0 Å². The van der Waals surface area contributed by atoms with E-state index in [-0.39, 0.29) is 6.54 Å². The second kappa shape index (κ2) is 8.71. The van der Waals surface area contributed by atoms with Gasteiger partial charge in [-0.05, 0) is 32.0 Å². The number of nitrogens with one attached hydrogen (secondary N) is 1. The molecule has 9 nitrogen and oxygen atoms in total. The number of carbonyl (C=O) groups is 1. The van der Waals surface area contributed by atoms with Gasteiger partial charge in [0.2, 0.25) is 0 Å². The van der Waals surface area contributed by atoms with Crippen molar-refractivity contribution in [3.05, 3.63) is 82.8 Å². The van der Waals surface area contributed by atoms with E-state index in [1.807, 2.05) is 30.8 Å². The Kier molecular flexibility index (Phi) is 5.58. The Bertz CT molecular complexity index is 1500. The van der Waals surface area contributed by atoms with Crippen molar-refractivity contribution in [1.29, 1.82) is 0 Å². The second-order valence-electron chi connectivity index (χ2n) is 7.66. The first-order chi connectivity index (χ1) is 16.4.